The number of nitrogens with one attached hydrogen (secondary N) is 4. The molecule has 0 radical (unpaired) electrons. The van der Waals surface area contributed by atoms with Crippen LogP contribution in [-0.4, -0.2) is 252 Å². The largest absolute Gasteiger partial charge is 0.480 e. The predicted molar refractivity (Wildman–Crippen MR) is 327 cm³/mol. The molecule has 2 aromatic carbocycles. The summed E-state index contributed by atoms with van der Waals surface area (Å²) in [5.74, 6) is -2.68. The Morgan fingerprint density at radius 3 is 1.70 bits per heavy atom. The van der Waals surface area contributed by atoms with Gasteiger partial charge in [-0.15, -0.1) is 5.10 Å². The molecule has 3 aromatic rings. The number of unbranched alkanes of at least 4 members (excludes halogenated alkanes) is 2. The Balaban J connectivity index is 0.696. The number of aromatic nitrogens is 3. The van der Waals surface area contributed by atoms with E-state index in [0.29, 0.717) is 207 Å². The number of Topliss-reactive ketones (excluding diaryl/α,β-unsaturated/α-hetero) is 2. The van der Waals surface area contributed by atoms with Crippen LogP contribution in [0, 0.1) is 11.6 Å². The van der Waals surface area contributed by atoms with Gasteiger partial charge in [-0.05, 0) is 69.0 Å². The molecule has 26 nitrogen and oxygen atoms in total. The molecule has 0 aliphatic carbocycles. The highest BCUT2D eigenvalue weighted by atomic mass is 32.2. The van der Waals surface area contributed by atoms with Crippen LogP contribution in [0.25, 0.3) is 5.69 Å². The highest BCUT2D eigenvalue weighted by Crippen LogP contribution is 2.33. The number of hydrogen-bond donors (Lipinski definition) is 5. The van der Waals surface area contributed by atoms with Crippen molar-refractivity contribution in [2.24, 2.45) is 5.73 Å². The molecule has 5 rings (SSSR count). The third-order valence-electron chi connectivity index (χ3n) is 13.8. The Bertz CT molecular complexity index is 2440. The third-order valence-corrected chi connectivity index (χ3v) is 15.3. The van der Waals surface area contributed by atoms with Crippen molar-refractivity contribution in [2.75, 3.05) is 184 Å². The SMILES string of the molecule is NCCCCC(NC(=O)c1cccc(-n2cc(CCC(=O)CCOCCOCCOCCOCCOCCOCCOCCOCCOCCOCCOCCOCCNC(=O)CCCC[C@@H]3SC[C@@H]4NC(=O)N[C@@H]43)nn2)c1)C(=O)COc1c(F)cccc1F. The van der Waals surface area contributed by atoms with Gasteiger partial charge in [0.25, 0.3) is 5.91 Å². The van der Waals surface area contributed by atoms with Crippen LogP contribution in [0.2, 0.25) is 0 Å². The van der Waals surface area contributed by atoms with E-state index in [9.17, 15) is 32.8 Å². The summed E-state index contributed by atoms with van der Waals surface area (Å²) in [4.78, 5) is 62.6. The summed E-state index contributed by atoms with van der Waals surface area (Å²) in [6, 6.07) is 9.14. The molecule has 1 aromatic heterocycles. The van der Waals surface area contributed by atoms with Crippen LogP contribution < -0.4 is 31.7 Å². The summed E-state index contributed by atoms with van der Waals surface area (Å²) in [5.41, 5.74) is 6.97. The summed E-state index contributed by atoms with van der Waals surface area (Å²) < 4.78 is 101. The minimum Gasteiger partial charge on any atom is -0.480 e. The van der Waals surface area contributed by atoms with Crippen LogP contribution in [0.5, 0.6) is 5.75 Å². The molecule has 90 heavy (non-hydrogen) atoms. The van der Waals surface area contributed by atoms with Crippen LogP contribution in [-0.2, 0) is 77.6 Å². The van der Waals surface area contributed by atoms with E-state index in [0.717, 1.165) is 37.1 Å². The van der Waals surface area contributed by atoms with Gasteiger partial charge in [-0.2, -0.15) is 11.8 Å². The lowest BCUT2D eigenvalue weighted by Gasteiger charge is -2.18. The van der Waals surface area contributed by atoms with E-state index < -0.39 is 41.7 Å². The number of carbonyl (C=O) groups is 5. The lowest BCUT2D eigenvalue weighted by atomic mass is 10.0. The summed E-state index contributed by atoms with van der Waals surface area (Å²) in [5, 5.41) is 20.3. The number of nitrogens with two attached hydrogens (primary N) is 1. The fourth-order valence-corrected chi connectivity index (χ4v) is 10.5. The van der Waals surface area contributed by atoms with Gasteiger partial charge in [-0.3, -0.25) is 19.2 Å². The molecule has 4 amide bonds. The van der Waals surface area contributed by atoms with Crippen molar-refractivity contribution in [2.45, 2.75) is 87.6 Å². The zero-order valence-electron chi connectivity index (χ0n) is 51.7. The highest BCUT2D eigenvalue weighted by Gasteiger charge is 2.42. The van der Waals surface area contributed by atoms with Gasteiger partial charge in [0.15, 0.2) is 23.2 Å². The first kappa shape index (κ1) is 75.3. The van der Waals surface area contributed by atoms with Crippen molar-refractivity contribution < 1.29 is 94.3 Å². The second kappa shape index (κ2) is 48.4. The topological polar surface area (TPSA) is 310 Å². The molecule has 2 aliphatic rings. The number of amides is 4. The maximum absolute atomic E-state index is 14.1. The van der Waals surface area contributed by atoms with Crippen LogP contribution >= 0.6 is 11.8 Å². The van der Waals surface area contributed by atoms with Crippen LogP contribution in [0.4, 0.5) is 13.6 Å². The molecule has 0 spiro atoms. The Morgan fingerprint density at radius 1 is 0.633 bits per heavy atom. The molecule has 0 bridgehead atoms. The first-order chi connectivity index (χ1) is 44.1. The molecule has 6 N–H and O–H groups in total. The lowest BCUT2D eigenvalue weighted by Crippen LogP contribution is -2.43. The zero-order valence-corrected chi connectivity index (χ0v) is 52.5. The quantitative estimate of drug-likeness (QED) is 0.0400. The molecule has 2 fully saturated rings. The maximum atomic E-state index is 14.1. The molecular weight excluding hydrogens is 1200 g/mol. The maximum Gasteiger partial charge on any atom is 0.315 e. The average molecular weight is 1300 g/mol. The van der Waals surface area contributed by atoms with Crippen molar-refractivity contribution in [3.63, 3.8) is 0 Å². The van der Waals surface area contributed by atoms with Gasteiger partial charge in [-0.1, -0.05) is 23.8 Å². The molecular formula is C61H94F2N8O18S. The van der Waals surface area contributed by atoms with Gasteiger partial charge < -0.3 is 88.6 Å². The van der Waals surface area contributed by atoms with Crippen molar-refractivity contribution >= 4 is 41.2 Å². The standard InChI is InChI=1S/C61H94F2N8O18S/c62-51-9-6-10-52(63)59(51)89-45-55(73)53(11-3-4-17-64)66-60(75)47-7-5-8-49(43-47)71-44-48(69-70-71)14-15-50(72)16-19-77-21-23-79-25-27-81-29-31-83-33-35-85-37-39-87-41-42-88-40-38-86-36-34-84-32-30-82-28-26-80-24-22-78-20-18-65-57(74)13-2-1-12-56-58-54(46-90-56)67-61(76)68-58/h5-10,43-44,53-54,56,58H,1-4,11-42,45-46,64H2,(H,65,74)(H,66,75)(H2,67,68,76)/t53?,54-,56-,58-/m0/s1. The van der Waals surface area contributed by atoms with Gasteiger partial charge in [0, 0.05) is 48.8 Å². The first-order valence-corrected chi connectivity index (χ1v) is 32.2. The Kier molecular flexibility index (Phi) is 40.5. The highest BCUT2D eigenvalue weighted by molar-refractivity contribution is 8.00. The number of benzene rings is 2. The number of halogens is 2. The average Bonchev–Trinajstić information content (AvgIpc) is 2.04. The minimum absolute atomic E-state index is 0.00414. The number of urea groups is 1. The lowest BCUT2D eigenvalue weighted by molar-refractivity contribution is -0.123. The van der Waals surface area contributed by atoms with Crippen molar-refractivity contribution in [3.8, 4) is 11.4 Å². The number of hydrogen-bond acceptors (Lipinski definition) is 22. The van der Waals surface area contributed by atoms with E-state index in [4.69, 9.17) is 67.3 Å². The number of fused-ring (bicyclic) bond motifs is 1. The van der Waals surface area contributed by atoms with E-state index in [1.165, 1.54) is 10.7 Å². The molecule has 3 heterocycles. The predicted octanol–water partition coefficient (Wildman–Crippen LogP) is 3.35. The van der Waals surface area contributed by atoms with E-state index in [1.54, 1.807) is 30.5 Å². The van der Waals surface area contributed by atoms with E-state index in [2.05, 4.69) is 31.6 Å². The summed E-state index contributed by atoms with van der Waals surface area (Å²) in [6.45, 7) is 10.5. The number of nitrogens with zero attached hydrogens (tertiary/aromatic N) is 3. The van der Waals surface area contributed by atoms with E-state index in [-0.39, 0.29) is 61.2 Å². The Morgan fingerprint density at radius 2 is 1.16 bits per heavy atom. The Labute approximate surface area is 530 Å². The number of ketones is 2. The zero-order chi connectivity index (χ0) is 63.9. The summed E-state index contributed by atoms with van der Waals surface area (Å²) >= 11 is 1.89. The normalized spacial score (nSPS) is 15.6. The van der Waals surface area contributed by atoms with E-state index in [1.807, 2.05) is 11.8 Å². The molecule has 29 heteroatoms. The van der Waals surface area contributed by atoms with Crippen LogP contribution in [0.3, 0.4) is 0 Å². The Hall–Kier alpha value is -5.38. The minimum atomic E-state index is -0.990. The number of thioether (sulfide) groups is 1. The molecule has 4 atom stereocenters. The summed E-state index contributed by atoms with van der Waals surface area (Å²) in [7, 11) is 0. The second-order valence-electron chi connectivity index (χ2n) is 20.7. The van der Waals surface area contributed by atoms with Crippen LogP contribution in [0.15, 0.2) is 48.7 Å². The number of para-hydroxylation sites is 1. The number of ether oxygens (including phenoxy) is 13. The van der Waals surface area contributed by atoms with Crippen molar-refractivity contribution in [1.29, 1.82) is 0 Å². The van der Waals surface area contributed by atoms with Crippen molar-refractivity contribution in [3.05, 3.63) is 71.6 Å². The molecule has 2 saturated heterocycles. The number of carbonyl (C=O) groups excluding carboxylic acids is 5. The van der Waals surface area contributed by atoms with E-state index >= 15 is 0 Å². The molecule has 506 valence electrons. The molecule has 0 saturated carbocycles. The molecule has 2 aliphatic heterocycles. The number of aryl methyl sites for hydroxylation is 1. The van der Waals surface area contributed by atoms with Gasteiger partial charge in [0.05, 0.1) is 194 Å². The van der Waals surface area contributed by atoms with Crippen molar-refractivity contribution in [1.82, 2.24) is 36.3 Å². The fourth-order valence-electron chi connectivity index (χ4n) is 8.97. The first-order valence-electron chi connectivity index (χ1n) is 31.1. The number of rotatable bonds is 58. The second-order valence-corrected chi connectivity index (χ2v) is 21.9. The molecule has 1 unspecified atom stereocenters. The van der Waals surface area contributed by atoms with Crippen LogP contribution in [0.1, 0.15) is 73.8 Å². The summed E-state index contributed by atoms with van der Waals surface area (Å²) in [6.07, 6.45) is 7.16. The monoisotopic (exact) mass is 1300 g/mol. The van der Waals surface area contributed by atoms with Gasteiger partial charge >= 0.3 is 6.03 Å². The fraction of sp³-hybridized carbons (Fsp3) is 0.689. The smallest absolute Gasteiger partial charge is 0.315 e. The van der Waals surface area contributed by atoms with Gasteiger partial charge in [-0.25, -0.2) is 18.3 Å². The van der Waals surface area contributed by atoms with Gasteiger partial charge in [0.1, 0.15) is 12.4 Å². The van der Waals surface area contributed by atoms with Gasteiger partial charge in [0.2, 0.25) is 5.91 Å². The third kappa shape index (κ3) is 33.3.